The van der Waals surface area contributed by atoms with E-state index >= 15 is 0 Å². The zero-order valence-corrected chi connectivity index (χ0v) is 18.2. The van der Waals surface area contributed by atoms with E-state index in [1.54, 1.807) is 13.3 Å². The maximum Gasteiger partial charge on any atom is 0.248 e. The fourth-order valence-corrected chi connectivity index (χ4v) is 3.99. The van der Waals surface area contributed by atoms with Crippen molar-refractivity contribution in [2.24, 2.45) is 4.99 Å². The number of carbonyl (C=O) groups excluding carboxylic acids is 1. The molecule has 0 radical (unpaired) electrons. The average molecular weight is 437 g/mol. The number of methoxy groups -OCH3 is 1. The molecular formula is C27H23N3O3. The monoisotopic (exact) mass is 437 g/mol. The summed E-state index contributed by atoms with van der Waals surface area (Å²) in [7, 11) is 1.66. The van der Waals surface area contributed by atoms with E-state index in [1.165, 1.54) is 0 Å². The van der Waals surface area contributed by atoms with E-state index < -0.39 is 6.04 Å². The van der Waals surface area contributed by atoms with Gasteiger partial charge in [-0.1, -0.05) is 42.5 Å². The molecule has 0 saturated heterocycles. The molecule has 164 valence electrons. The van der Waals surface area contributed by atoms with Crippen molar-refractivity contribution >= 4 is 22.6 Å². The second-order valence-electron chi connectivity index (χ2n) is 7.77. The van der Waals surface area contributed by atoms with Gasteiger partial charge in [0.1, 0.15) is 12.4 Å². The molecular weight excluding hydrogens is 414 g/mol. The Hall–Kier alpha value is -4.19. The molecule has 6 heteroatoms. The van der Waals surface area contributed by atoms with Gasteiger partial charge >= 0.3 is 0 Å². The van der Waals surface area contributed by atoms with Crippen LogP contribution in [0.3, 0.4) is 0 Å². The van der Waals surface area contributed by atoms with Crippen molar-refractivity contribution in [3.63, 3.8) is 0 Å². The molecule has 1 amide bonds. The van der Waals surface area contributed by atoms with Gasteiger partial charge in [0.25, 0.3) is 0 Å². The summed E-state index contributed by atoms with van der Waals surface area (Å²) >= 11 is 0. The Labute approximate surface area is 191 Å². The summed E-state index contributed by atoms with van der Waals surface area (Å²) in [6.07, 6.45) is 3.62. The fraction of sp³-hybridized carbons (Fsp3) is 0.148. The first-order chi connectivity index (χ1) is 16.2. The number of amides is 1. The normalized spacial score (nSPS) is 15.1. The quantitative estimate of drug-likeness (QED) is 0.486. The number of aliphatic imine (C=N–C) groups is 1. The molecule has 0 bridgehead atoms. The summed E-state index contributed by atoms with van der Waals surface area (Å²) < 4.78 is 11.0. The van der Waals surface area contributed by atoms with Crippen LogP contribution in [-0.2, 0) is 16.1 Å². The summed E-state index contributed by atoms with van der Waals surface area (Å²) in [6, 6.07) is 23.1. The maximum atomic E-state index is 12.8. The van der Waals surface area contributed by atoms with E-state index in [4.69, 9.17) is 9.47 Å². The van der Waals surface area contributed by atoms with Crippen LogP contribution in [0, 0.1) is 0 Å². The molecule has 0 spiro atoms. The van der Waals surface area contributed by atoms with Crippen molar-refractivity contribution in [1.29, 1.82) is 0 Å². The van der Waals surface area contributed by atoms with Crippen molar-refractivity contribution in [2.75, 3.05) is 13.7 Å². The van der Waals surface area contributed by atoms with Crippen LogP contribution in [0.4, 0.5) is 0 Å². The third kappa shape index (κ3) is 4.28. The average Bonchev–Trinajstić information content (AvgIpc) is 3.38. The Kier molecular flexibility index (Phi) is 5.72. The van der Waals surface area contributed by atoms with E-state index in [0.29, 0.717) is 12.4 Å². The Morgan fingerprint density at radius 3 is 2.73 bits per heavy atom. The predicted octanol–water partition coefficient (Wildman–Crippen LogP) is 4.37. The van der Waals surface area contributed by atoms with Gasteiger partial charge in [-0.2, -0.15) is 0 Å². The SMILES string of the molecule is COc1cccc(-c2ccc(CNC(=O)[C@H]3COC(c4ccccc4)=N3)c3cnccc23)c1. The number of carbonyl (C=O) groups is 1. The summed E-state index contributed by atoms with van der Waals surface area (Å²) in [5, 5.41) is 5.07. The first kappa shape index (κ1) is 20.7. The number of hydrogen-bond donors (Lipinski definition) is 1. The first-order valence-electron chi connectivity index (χ1n) is 10.8. The highest BCUT2D eigenvalue weighted by Crippen LogP contribution is 2.32. The van der Waals surface area contributed by atoms with E-state index in [2.05, 4.69) is 27.4 Å². The molecule has 3 aromatic carbocycles. The van der Waals surface area contributed by atoms with Gasteiger partial charge in [-0.3, -0.25) is 9.78 Å². The summed E-state index contributed by atoms with van der Waals surface area (Å²) in [4.78, 5) is 21.5. The minimum absolute atomic E-state index is 0.158. The molecule has 1 aromatic heterocycles. The van der Waals surface area contributed by atoms with E-state index in [9.17, 15) is 4.79 Å². The molecule has 0 fully saturated rings. The summed E-state index contributed by atoms with van der Waals surface area (Å²) in [5.41, 5.74) is 4.01. The molecule has 0 aliphatic carbocycles. The van der Waals surface area contributed by atoms with Crippen LogP contribution in [0.1, 0.15) is 11.1 Å². The van der Waals surface area contributed by atoms with Crippen molar-refractivity contribution in [2.45, 2.75) is 12.6 Å². The predicted molar refractivity (Wildman–Crippen MR) is 128 cm³/mol. The number of aromatic nitrogens is 1. The molecule has 5 rings (SSSR count). The number of benzene rings is 3. The Bertz CT molecular complexity index is 1340. The second-order valence-corrected chi connectivity index (χ2v) is 7.77. The maximum absolute atomic E-state index is 12.8. The molecule has 6 nitrogen and oxygen atoms in total. The lowest BCUT2D eigenvalue weighted by atomic mass is 9.96. The fourth-order valence-electron chi connectivity index (χ4n) is 3.99. The highest BCUT2D eigenvalue weighted by atomic mass is 16.5. The topological polar surface area (TPSA) is 72.8 Å². The van der Waals surface area contributed by atoms with Crippen LogP contribution >= 0.6 is 0 Å². The number of ether oxygens (including phenoxy) is 2. The Balaban J connectivity index is 1.36. The summed E-state index contributed by atoms with van der Waals surface area (Å²) in [5.74, 6) is 1.16. The first-order valence-corrected chi connectivity index (χ1v) is 10.8. The van der Waals surface area contributed by atoms with Crippen molar-refractivity contribution in [1.82, 2.24) is 10.3 Å². The largest absolute Gasteiger partial charge is 0.497 e. The molecule has 33 heavy (non-hydrogen) atoms. The number of hydrogen-bond acceptors (Lipinski definition) is 5. The van der Waals surface area contributed by atoms with Gasteiger partial charge in [-0.15, -0.1) is 0 Å². The number of nitrogens with one attached hydrogen (secondary N) is 1. The molecule has 4 aromatic rings. The van der Waals surface area contributed by atoms with Gasteiger partial charge in [-0.05, 0) is 52.4 Å². The Morgan fingerprint density at radius 1 is 1.03 bits per heavy atom. The molecule has 1 atom stereocenters. The van der Waals surface area contributed by atoms with Gasteiger partial charge in [0, 0.05) is 29.9 Å². The molecule has 2 heterocycles. The van der Waals surface area contributed by atoms with E-state index in [-0.39, 0.29) is 12.5 Å². The molecule has 1 aliphatic heterocycles. The minimum atomic E-state index is -0.555. The highest BCUT2D eigenvalue weighted by molar-refractivity contribution is 5.99. The lowest BCUT2D eigenvalue weighted by Crippen LogP contribution is -2.33. The van der Waals surface area contributed by atoms with E-state index in [1.807, 2.05) is 66.9 Å². The van der Waals surface area contributed by atoms with Crippen LogP contribution in [0.2, 0.25) is 0 Å². The third-order valence-corrected chi connectivity index (χ3v) is 5.72. The van der Waals surface area contributed by atoms with Crippen molar-refractivity contribution < 1.29 is 14.3 Å². The zero-order valence-electron chi connectivity index (χ0n) is 18.2. The lowest BCUT2D eigenvalue weighted by molar-refractivity contribution is -0.122. The zero-order chi connectivity index (χ0) is 22.6. The number of fused-ring (bicyclic) bond motifs is 1. The van der Waals surface area contributed by atoms with Crippen LogP contribution in [0.25, 0.3) is 21.9 Å². The number of nitrogens with zero attached hydrogens (tertiary/aromatic N) is 2. The van der Waals surface area contributed by atoms with Crippen LogP contribution in [-0.4, -0.2) is 36.5 Å². The number of rotatable bonds is 6. The number of pyridine rings is 1. The summed E-state index contributed by atoms with van der Waals surface area (Å²) in [6.45, 7) is 0.624. The van der Waals surface area contributed by atoms with Gasteiger partial charge in [0.15, 0.2) is 6.04 Å². The van der Waals surface area contributed by atoms with Crippen molar-refractivity contribution in [3.05, 3.63) is 96.3 Å². The highest BCUT2D eigenvalue weighted by Gasteiger charge is 2.26. The molecule has 1 N–H and O–H groups in total. The van der Waals surface area contributed by atoms with E-state index in [0.717, 1.165) is 38.8 Å². The van der Waals surface area contributed by atoms with Crippen LogP contribution < -0.4 is 10.1 Å². The Morgan fingerprint density at radius 2 is 1.88 bits per heavy atom. The minimum Gasteiger partial charge on any atom is -0.497 e. The standard InChI is InChI=1S/C27H23N3O3/c1-32-21-9-5-8-19(14-21)22-11-10-20(24-16-28-13-12-23(22)24)15-29-26(31)25-17-33-27(30-25)18-6-3-2-4-7-18/h2-14,16,25H,15,17H2,1H3,(H,29,31)/t25-/m1/s1. The molecule has 0 unspecified atom stereocenters. The van der Waals surface area contributed by atoms with Crippen LogP contribution in [0.15, 0.2) is 90.2 Å². The van der Waals surface area contributed by atoms with Gasteiger partial charge in [0.05, 0.1) is 7.11 Å². The van der Waals surface area contributed by atoms with Gasteiger partial charge in [-0.25, -0.2) is 4.99 Å². The molecule has 1 aliphatic rings. The van der Waals surface area contributed by atoms with Gasteiger partial charge in [0.2, 0.25) is 11.8 Å². The lowest BCUT2D eigenvalue weighted by Gasteiger charge is -2.13. The van der Waals surface area contributed by atoms with Crippen molar-refractivity contribution in [3.8, 4) is 16.9 Å². The second kappa shape index (κ2) is 9.12. The molecule has 0 saturated carbocycles. The van der Waals surface area contributed by atoms with Crippen LogP contribution in [0.5, 0.6) is 5.75 Å². The van der Waals surface area contributed by atoms with Gasteiger partial charge < -0.3 is 14.8 Å². The smallest absolute Gasteiger partial charge is 0.248 e. The third-order valence-electron chi connectivity index (χ3n) is 5.72.